The average Bonchev–Trinajstić information content (AvgIpc) is 2.68. The monoisotopic (exact) mass is 434 g/mol. The molecular weight excluding hydrogens is 412 g/mol. The maximum atomic E-state index is 12.2. The van der Waals surface area contributed by atoms with Crippen molar-refractivity contribution in [1.29, 1.82) is 0 Å². The summed E-state index contributed by atoms with van der Waals surface area (Å²) in [5, 5.41) is 5.90. The van der Waals surface area contributed by atoms with Gasteiger partial charge in [0.1, 0.15) is 17.2 Å². The zero-order valence-corrected chi connectivity index (χ0v) is 16.8. The minimum Gasteiger partial charge on any atom is -0.497 e. The van der Waals surface area contributed by atoms with Gasteiger partial charge in [0.05, 0.1) is 26.4 Å². The second kappa shape index (κ2) is 9.50. The van der Waals surface area contributed by atoms with Gasteiger partial charge in [0.15, 0.2) is 0 Å². The number of hydrogen-bond donors (Lipinski definition) is 2. The van der Waals surface area contributed by atoms with E-state index < -0.39 is 0 Å². The summed E-state index contributed by atoms with van der Waals surface area (Å²) >= 11 is 3.47. The summed E-state index contributed by atoms with van der Waals surface area (Å²) in [6.45, 7) is 1.66. The first-order chi connectivity index (χ1) is 13.2. The van der Waals surface area contributed by atoms with Crippen molar-refractivity contribution in [3.8, 4) is 17.2 Å². The van der Waals surface area contributed by atoms with Crippen molar-refractivity contribution in [2.45, 2.75) is 18.9 Å². The predicted molar refractivity (Wildman–Crippen MR) is 107 cm³/mol. The van der Waals surface area contributed by atoms with Crippen molar-refractivity contribution in [1.82, 2.24) is 10.6 Å². The Hall–Kier alpha value is -2.41. The van der Waals surface area contributed by atoms with Gasteiger partial charge in [0.25, 0.3) is 0 Å². The van der Waals surface area contributed by atoms with Gasteiger partial charge < -0.3 is 24.8 Å². The topological polar surface area (TPSA) is 68.8 Å². The fourth-order valence-electron chi connectivity index (χ4n) is 2.86. The molecule has 2 aromatic rings. The molecule has 0 aromatic heterocycles. The Balaban J connectivity index is 1.38. The van der Waals surface area contributed by atoms with Crippen molar-refractivity contribution in [2.75, 3.05) is 26.9 Å². The molecule has 2 N–H and O–H groups in total. The SMILES string of the molecule is COc1ccc(OCCCNC(=O)NC2CCOc3ccc(Br)cc32)cc1. The van der Waals surface area contributed by atoms with Crippen LogP contribution in [0.4, 0.5) is 4.79 Å². The summed E-state index contributed by atoms with van der Waals surface area (Å²) in [4.78, 5) is 12.2. The molecule has 0 aliphatic carbocycles. The Kier molecular flexibility index (Phi) is 6.81. The molecule has 144 valence electrons. The van der Waals surface area contributed by atoms with E-state index in [9.17, 15) is 4.79 Å². The number of halogens is 1. The number of amides is 2. The summed E-state index contributed by atoms with van der Waals surface area (Å²) in [5.74, 6) is 2.40. The lowest BCUT2D eigenvalue weighted by atomic mass is 10.0. The van der Waals surface area contributed by atoms with Crippen LogP contribution < -0.4 is 24.8 Å². The largest absolute Gasteiger partial charge is 0.497 e. The molecule has 6 nitrogen and oxygen atoms in total. The molecule has 27 heavy (non-hydrogen) atoms. The lowest BCUT2D eigenvalue weighted by molar-refractivity contribution is 0.222. The van der Waals surface area contributed by atoms with E-state index in [1.807, 2.05) is 42.5 Å². The zero-order chi connectivity index (χ0) is 19.1. The van der Waals surface area contributed by atoms with Crippen LogP contribution in [0.1, 0.15) is 24.4 Å². The number of urea groups is 1. The van der Waals surface area contributed by atoms with E-state index in [4.69, 9.17) is 14.2 Å². The highest BCUT2D eigenvalue weighted by Crippen LogP contribution is 2.33. The van der Waals surface area contributed by atoms with Crippen molar-refractivity contribution in [3.05, 3.63) is 52.5 Å². The van der Waals surface area contributed by atoms with Crippen LogP contribution in [0, 0.1) is 0 Å². The van der Waals surface area contributed by atoms with E-state index in [1.54, 1.807) is 7.11 Å². The van der Waals surface area contributed by atoms with Crippen LogP contribution >= 0.6 is 15.9 Å². The maximum Gasteiger partial charge on any atom is 0.315 e. The van der Waals surface area contributed by atoms with Crippen LogP contribution in [0.25, 0.3) is 0 Å². The third-order valence-electron chi connectivity index (χ3n) is 4.25. The molecule has 0 bridgehead atoms. The predicted octanol–water partition coefficient (Wildman–Crippen LogP) is 4.05. The number of methoxy groups -OCH3 is 1. The number of nitrogens with one attached hydrogen (secondary N) is 2. The highest BCUT2D eigenvalue weighted by Gasteiger charge is 2.23. The van der Waals surface area contributed by atoms with Crippen LogP contribution in [-0.4, -0.2) is 32.9 Å². The fraction of sp³-hybridized carbons (Fsp3) is 0.350. The van der Waals surface area contributed by atoms with E-state index in [0.29, 0.717) is 19.8 Å². The summed E-state index contributed by atoms with van der Waals surface area (Å²) in [6.07, 6.45) is 1.47. The van der Waals surface area contributed by atoms with Crippen molar-refractivity contribution in [3.63, 3.8) is 0 Å². The summed E-state index contributed by atoms with van der Waals surface area (Å²) in [7, 11) is 1.63. The van der Waals surface area contributed by atoms with Gasteiger partial charge in [0, 0.05) is 23.0 Å². The quantitative estimate of drug-likeness (QED) is 0.644. The van der Waals surface area contributed by atoms with Gasteiger partial charge in [-0.1, -0.05) is 15.9 Å². The zero-order valence-electron chi connectivity index (χ0n) is 15.2. The van der Waals surface area contributed by atoms with Crippen LogP contribution in [0.2, 0.25) is 0 Å². The second-order valence-electron chi connectivity index (χ2n) is 6.15. The van der Waals surface area contributed by atoms with Gasteiger partial charge >= 0.3 is 6.03 Å². The highest BCUT2D eigenvalue weighted by atomic mass is 79.9. The Morgan fingerprint density at radius 1 is 1.22 bits per heavy atom. The van der Waals surface area contributed by atoms with Crippen LogP contribution in [0.15, 0.2) is 46.9 Å². The number of fused-ring (bicyclic) bond motifs is 1. The Morgan fingerprint density at radius 2 is 2.00 bits per heavy atom. The molecule has 0 saturated heterocycles. The van der Waals surface area contributed by atoms with Crippen molar-refractivity contribution >= 4 is 22.0 Å². The van der Waals surface area contributed by atoms with Gasteiger partial charge in [-0.05, 0) is 48.9 Å². The standard InChI is InChI=1S/C20H23BrN2O4/c1-25-15-4-6-16(7-5-15)26-11-2-10-22-20(24)23-18-9-12-27-19-8-3-14(21)13-17(18)19/h3-8,13,18H,2,9-12H2,1H3,(H2,22,23,24). The smallest absolute Gasteiger partial charge is 0.315 e. The number of carbonyl (C=O) groups is 1. The summed E-state index contributed by atoms with van der Waals surface area (Å²) < 4.78 is 17.4. The van der Waals surface area contributed by atoms with Gasteiger partial charge in [-0.15, -0.1) is 0 Å². The van der Waals surface area contributed by atoms with Crippen molar-refractivity contribution in [2.24, 2.45) is 0 Å². The van der Waals surface area contributed by atoms with Crippen LogP contribution in [0.5, 0.6) is 17.2 Å². The highest BCUT2D eigenvalue weighted by molar-refractivity contribution is 9.10. The summed E-state index contributed by atoms with van der Waals surface area (Å²) in [6, 6.07) is 13.0. The van der Waals surface area contributed by atoms with Gasteiger partial charge in [-0.25, -0.2) is 4.79 Å². The lowest BCUT2D eigenvalue weighted by Gasteiger charge is -2.27. The molecule has 1 aliphatic heterocycles. The van der Waals surface area contributed by atoms with Gasteiger partial charge in [-0.2, -0.15) is 0 Å². The third-order valence-corrected chi connectivity index (χ3v) is 4.74. The molecule has 1 aliphatic rings. The van der Waals surface area contributed by atoms with E-state index >= 15 is 0 Å². The maximum absolute atomic E-state index is 12.2. The molecule has 2 aromatic carbocycles. The molecule has 7 heteroatoms. The molecule has 0 saturated carbocycles. The van der Waals surface area contributed by atoms with E-state index in [2.05, 4.69) is 26.6 Å². The molecule has 1 unspecified atom stereocenters. The minimum atomic E-state index is -0.183. The van der Waals surface area contributed by atoms with Gasteiger partial charge in [-0.3, -0.25) is 0 Å². The summed E-state index contributed by atoms with van der Waals surface area (Å²) in [5.41, 5.74) is 0.994. The first-order valence-electron chi connectivity index (χ1n) is 8.89. The Morgan fingerprint density at radius 3 is 2.78 bits per heavy atom. The molecule has 3 rings (SSSR count). The Bertz CT molecular complexity index is 767. The molecule has 0 fully saturated rings. The molecule has 1 heterocycles. The van der Waals surface area contributed by atoms with E-state index in [-0.39, 0.29) is 12.1 Å². The number of carbonyl (C=O) groups excluding carboxylic acids is 1. The first-order valence-corrected chi connectivity index (χ1v) is 9.68. The number of hydrogen-bond acceptors (Lipinski definition) is 4. The molecule has 0 spiro atoms. The van der Waals surface area contributed by atoms with Gasteiger partial charge in [0.2, 0.25) is 0 Å². The van der Waals surface area contributed by atoms with Crippen LogP contribution in [-0.2, 0) is 0 Å². The first kappa shape index (κ1) is 19.4. The molecule has 1 atom stereocenters. The van der Waals surface area contributed by atoms with Crippen LogP contribution in [0.3, 0.4) is 0 Å². The number of benzene rings is 2. The average molecular weight is 435 g/mol. The number of rotatable bonds is 7. The fourth-order valence-corrected chi connectivity index (χ4v) is 3.24. The van der Waals surface area contributed by atoms with E-state index in [1.165, 1.54) is 0 Å². The Labute approximate surface area is 167 Å². The van der Waals surface area contributed by atoms with Crippen molar-refractivity contribution < 1.29 is 19.0 Å². The molecule has 2 amide bonds. The molecular formula is C20H23BrN2O4. The lowest BCUT2D eigenvalue weighted by Crippen LogP contribution is -2.40. The second-order valence-corrected chi connectivity index (χ2v) is 7.07. The number of ether oxygens (including phenoxy) is 3. The molecule has 0 radical (unpaired) electrons. The van der Waals surface area contributed by atoms with E-state index in [0.717, 1.165) is 40.1 Å². The normalized spacial score (nSPS) is 15.3. The third kappa shape index (κ3) is 5.53. The minimum absolute atomic E-state index is 0.0539.